The summed E-state index contributed by atoms with van der Waals surface area (Å²) in [6, 6.07) is 7.06. The summed E-state index contributed by atoms with van der Waals surface area (Å²) >= 11 is 0. The summed E-state index contributed by atoms with van der Waals surface area (Å²) in [5, 5.41) is 6.53. The molecule has 1 aromatic rings. The average Bonchev–Trinajstić information content (AvgIpc) is 2.56. The fraction of sp³-hybridized carbons (Fsp3) is 0.611. The van der Waals surface area contributed by atoms with Gasteiger partial charge in [0.2, 0.25) is 5.91 Å². The molecule has 0 aliphatic carbocycles. The molecule has 142 valence electrons. The molecule has 2 aliphatic rings. The third-order valence-electron chi connectivity index (χ3n) is 4.86. The lowest BCUT2D eigenvalue weighted by molar-refractivity contribution is -0.127. The fourth-order valence-corrected chi connectivity index (χ4v) is 3.59. The van der Waals surface area contributed by atoms with Crippen molar-refractivity contribution in [2.45, 2.75) is 38.3 Å². The van der Waals surface area contributed by atoms with Crippen molar-refractivity contribution in [1.82, 2.24) is 15.5 Å². The second kappa shape index (κ2) is 11.0. The van der Waals surface area contributed by atoms with Crippen LogP contribution in [-0.4, -0.2) is 43.0 Å². The maximum Gasteiger partial charge on any atom is 0.224 e. The lowest BCUT2D eigenvalue weighted by Gasteiger charge is -2.33. The smallest absolute Gasteiger partial charge is 0.224 e. The average molecular weight is 392 g/mol. The molecule has 1 amide bonds. The molecule has 0 bridgehead atoms. The van der Waals surface area contributed by atoms with Crippen LogP contribution in [0.15, 0.2) is 24.3 Å². The minimum absolute atomic E-state index is 0. The van der Waals surface area contributed by atoms with Crippen LogP contribution in [0.1, 0.15) is 31.2 Å². The highest BCUT2D eigenvalue weighted by Gasteiger charge is 2.27. The largest absolute Gasteiger partial charge is 0.353 e. The Morgan fingerprint density at radius 3 is 2.72 bits per heavy atom. The van der Waals surface area contributed by atoms with E-state index in [1.165, 1.54) is 6.07 Å². The third-order valence-corrected chi connectivity index (χ3v) is 4.86. The first kappa shape index (κ1) is 22.2. The van der Waals surface area contributed by atoms with E-state index in [1.807, 2.05) is 6.07 Å². The Bertz CT molecular complexity index is 541. The maximum atomic E-state index is 13.3. The molecule has 4 nitrogen and oxygen atoms in total. The molecule has 7 heteroatoms. The van der Waals surface area contributed by atoms with Crippen LogP contribution in [0.25, 0.3) is 0 Å². The molecule has 1 unspecified atom stereocenters. The van der Waals surface area contributed by atoms with Gasteiger partial charge in [0, 0.05) is 19.1 Å². The lowest BCUT2D eigenvalue weighted by atomic mass is 9.95. The molecular weight excluding hydrogens is 364 g/mol. The maximum absolute atomic E-state index is 13.3. The molecule has 2 saturated heterocycles. The van der Waals surface area contributed by atoms with E-state index in [1.54, 1.807) is 12.1 Å². The summed E-state index contributed by atoms with van der Waals surface area (Å²) in [6.45, 7) is 4.44. The zero-order valence-corrected chi connectivity index (χ0v) is 16.0. The normalized spacial score (nSPS) is 21.7. The second-order valence-corrected chi connectivity index (χ2v) is 6.74. The molecule has 0 spiro atoms. The van der Waals surface area contributed by atoms with Gasteiger partial charge in [0.25, 0.3) is 0 Å². The topological polar surface area (TPSA) is 44.4 Å². The number of halogens is 3. The summed E-state index contributed by atoms with van der Waals surface area (Å²) in [4.78, 5) is 14.8. The van der Waals surface area contributed by atoms with Crippen molar-refractivity contribution in [2.75, 3.05) is 26.2 Å². The van der Waals surface area contributed by atoms with E-state index in [0.29, 0.717) is 6.04 Å². The van der Waals surface area contributed by atoms with Crippen molar-refractivity contribution in [2.24, 2.45) is 5.92 Å². The van der Waals surface area contributed by atoms with E-state index < -0.39 is 0 Å². The number of benzene rings is 1. The number of piperidine rings is 2. The van der Waals surface area contributed by atoms with Crippen LogP contribution in [0.2, 0.25) is 0 Å². The Balaban J connectivity index is 0.00000156. The van der Waals surface area contributed by atoms with E-state index in [0.717, 1.165) is 64.0 Å². The molecule has 1 aromatic carbocycles. The highest BCUT2D eigenvalue weighted by Crippen LogP contribution is 2.19. The molecule has 25 heavy (non-hydrogen) atoms. The van der Waals surface area contributed by atoms with E-state index in [9.17, 15) is 9.18 Å². The minimum atomic E-state index is -0.195. The van der Waals surface area contributed by atoms with Gasteiger partial charge in [-0.3, -0.25) is 9.69 Å². The number of carbonyl (C=O) groups is 1. The predicted molar refractivity (Wildman–Crippen MR) is 103 cm³/mol. The van der Waals surface area contributed by atoms with Crippen LogP contribution in [0.5, 0.6) is 0 Å². The van der Waals surface area contributed by atoms with E-state index in [4.69, 9.17) is 0 Å². The van der Waals surface area contributed by atoms with Crippen molar-refractivity contribution >= 4 is 30.7 Å². The van der Waals surface area contributed by atoms with Crippen LogP contribution >= 0.6 is 24.8 Å². The molecule has 0 aromatic heterocycles. The highest BCUT2D eigenvalue weighted by molar-refractivity contribution is 5.85. The van der Waals surface area contributed by atoms with Crippen molar-refractivity contribution in [3.05, 3.63) is 35.6 Å². The van der Waals surface area contributed by atoms with Crippen LogP contribution in [0.4, 0.5) is 4.39 Å². The number of likely N-dealkylation sites (tertiary alicyclic amines) is 1. The first-order valence-corrected chi connectivity index (χ1v) is 8.68. The SMILES string of the molecule is Cl.Cl.O=C(NC1CCNCC1)C1CCCN(Cc2cccc(F)c2)C1. The van der Waals surface area contributed by atoms with Crippen molar-refractivity contribution in [3.8, 4) is 0 Å². The number of nitrogens with zero attached hydrogens (tertiary/aromatic N) is 1. The Morgan fingerprint density at radius 2 is 2.00 bits per heavy atom. The Hall–Kier alpha value is -0.880. The monoisotopic (exact) mass is 391 g/mol. The zero-order valence-electron chi connectivity index (χ0n) is 14.4. The molecule has 2 fully saturated rings. The van der Waals surface area contributed by atoms with Gasteiger partial charge in [0.05, 0.1) is 5.92 Å². The number of hydrogen-bond acceptors (Lipinski definition) is 3. The van der Waals surface area contributed by atoms with Gasteiger partial charge in [0.15, 0.2) is 0 Å². The Labute approximate surface area is 161 Å². The molecule has 2 heterocycles. The number of amides is 1. The van der Waals surface area contributed by atoms with Crippen LogP contribution in [0.3, 0.4) is 0 Å². The molecule has 2 N–H and O–H groups in total. The number of rotatable bonds is 4. The summed E-state index contributed by atoms with van der Waals surface area (Å²) in [5.41, 5.74) is 0.976. The lowest BCUT2D eigenvalue weighted by Crippen LogP contribution is -2.48. The standard InChI is InChI=1S/C18H26FN3O.2ClH/c19-16-5-1-3-14(11-16)12-22-10-2-4-15(13-22)18(23)21-17-6-8-20-9-7-17;;/h1,3,5,11,15,17,20H,2,4,6-10,12-13H2,(H,21,23);2*1H. The summed E-state index contributed by atoms with van der Waals surface area (Å²) < 4.78 is 13.3. The molecule has 2 aliphatic heterocycles. The number of nitrogens with one attached hydrogen (secondary N) is 2. The summed E-state index contributed by atoms with van der Waals surface area (Å²) in [5.74, 6) is 0.0627. The molecule has 0 radical (unpaired) electrons. The molecule has 3 rings (SSSR count). The molecule has 0 saturated carbocycles. The quantitative estimate of drug-likeness (QED) is 0.828. The highest BCUT2D eigenvalue weighted by atomic mass is 35.5. The molecular formula is C18H28Cl2FN3O. The number of carbonyl (C=O) groups excluding carboxylic acids is 1. The van der Waals surface area contributed by atoms with Crippen molar-refractivity contribution < 1.29 is 9.18 Å². The third kappa shape index (κ3) is 6.74. The fourth-order valence-electron chi connectivity index (χ4n) is 3.59. The minimum Gasteiger partial charge on any atom is -0.353 e. The van der Waals surface area contributed by atoms with E-state index in [-0.39, 0.29) is 42.5 Å². The van der Waals surface area contributed by atoms with E-state index >= 15 is 0 Å². The van der Waals surface area contributed by atoms with Gasteiger partial charge in [-0.2, -0.15) is 0 Å². The second-order valence-electron chi connectivity index (χ2n) is 6.74. The van der Waals surface area contributed by atoms with Crippen LogP contribution in [-0.2, 0) is 11.3 Å². The first-order valence-electron chi connectivity index (χ1n) is 8.68. The van der Waals surface area contributed by atoms with E-state index in [2.05, 4.69) is 15.5 Å². The summed E-state index contributed by atoms with van der Waals surface area (Å²) in [6.07, 6.45) is 4.02. The van der Waals surface area contributed by atoms with Gasteiger partial charge < -0.3 is 10.6 Å². The Kier molecular flexibility index (Phi) is 9.72. The summed E-state index contributed by atoms with van der Waals surface area (Å²) in [7, 11) is 0. The van der Waals surface area contributed by atoms with Crippen LogP contribution < -0.4 is 10.6 Å². The Morgan fingerprint density at radius 1 is 1.24 bits per heavy atom. The number of hydrogen-bond donors (Lipinski definition) is 2. The van der Waals surface area contributed by atoms with Gasteiger partial charge in [-0.05, 0) is 63.0 Å². The van der Waals surface area contributed by atoms with Gasteiger partial charge in [-0.1, -0.05) is 12.1 Å². The van der Waals surface area contributed by atoms with Crippen molar-refractivity contribution in [1.29, 1.82) is 0 Å². The molecule has 1 atom stereocenters. The van der Waals surface area contributed by atoms with Gasteiger partial charge in [-0.15, -0.1) is 24.8 Å². The van der Waals surface area contributed by atoms with Gasteiger partial charge in [0.1, 0.15) is 5.82 Å². The van der Waals surface area contributed by atoms with Crippen molar-refractivity contribution in [3.63, 3.8) is 0 Å². The van der Waals surface area contributed by atoms with Gasteiger partial charge >= 0.3 is 0 Å². The van der Waals surface area contributed by atoms with Crippen LogP contribution in [0, 0.1) is 11.7 Å². The zero-order chi connectivity index (χ0) is 16.1. The van der Waals surface area contributed by atoms with Gasteiger partial charge in [-0.25, -0.2) is 4.39 Å². The predicted octanol–water partition coefficient (Wildman–Crippen LogP) is 2.75. The first-order chi connectivity index (χ1) is 11.2.